The van der Waals surface area contributed by atoms with Crippen LogP contribution < -0.4 is 10.6 Å². The van der Waals surface area contributed by atoms with Gasteiger partial charge in [-0.25, -0.2) is 0 Å². The molecule has 0 aromatic heterocycles. The van der Waals surface area contributed by atoms with Gasteiger partial charge in [0.15, 0.2) is 0 Å². The van der Waals surface area contributed by atoms with E-state index in [0.29, 0.717) is 30.4 Å². The van der Waals surface area contributed by atoms with Crippen LogP contribution >= 0.6 is 0 Å². The Bertz CT molecular complexity index is 724. The van der Waals surface area contributed by atoms with Gasteiger partial charge in [-0.3, -0.25) is 24.2 Å². The van der Waals surface area contributed by atoms with E-state index in [0.717, 1.165) is 39.0 Å². The molecule has 2 N–H and O–H groups in total. The zero-order valence-corrected chi connectivity index (χ0v) is 16.6. The molecule has 0 unspecified atom stereocenters. The second-order valence-corrected chi connectivity index (χ2v) is 7.72. The Morgan fingerprint density at radius 3 is 2.29 bits per heavy atom. The van der Waals surface area contributed by atoms with E-state index in [1.165, 1.54) is 0 Å². The van der Waals surface area contributed by atoms with Crippen molar-refractivity contribution in [3.63, 3.8) is 0 Å². The third kappa shape index (κ3) is 6.03. The average molecular weight is 387 g/mol. The quantitative estimate of drug-likeness (QED) is 0.699. The highest BCUT2D eigenvalue weighted by Crippen LogP contribution is 2.20. The third-order valence-electron chi connectivity index (χ3n) is 5.01. The average Bonchev–Trinajstić information content (AvgIpc) is 3.47. The van der Waals surface area contributed by atoms with Crippen molar-refractivity contribution in [2.45, 2.75) is 18.9 Å². The van der Waals surface area contributed by atoms with Crippen LogP contribution in [0.2, 0.25) is 0 Å². The fourth-order valence-electron chi connectivity index (χ4n) is 3.08. The first kappa shape index (κ1) is 20.3. The Hall–Kier alpha value is -2.45. The highest BCUT2D eigenvalue weighted by atomic mass is 16.2. The number of anilines is 1. The first-order valence-electron chi connectivity index (χ1n) is 9.76. The Morgan fingerprint density at radius 2 is 1.68 bits per heavy atom. The molecule has 1 saturated heterocycles. The van der Waals surface area contributed by atoms with Crippen LogP contribution in [0.4, 0.5) is 5.69 Å². The van der Waals surface area contributed by atoms with E-state index < -0.39 is 0 Å². The molecule has 0 spiro atoms. The summed E-state index contributed by atoms with van der Waals surface area (Å²) in [4.78, 5) is 42.1. The molecular weight excluding hydrogens is 358 g/mol. The predicted molar refractivity (Wildman–Crippen MR) is 107 cm³/mol. The molecule has 8 heteroatoms. The minimum atomic E-state index is -0.0995. The minimum Gasteiger partial charge on any atom is -0.349 e. The van der Waals surface area contributed by atoms with E-state index in [2.05, 4.69) is 20.4 Å². The number of carbonyl (C=O) groups excluding carboxylic acids is 3. The van der Waals surface area contributed by atoms with Crippen molar-refractivity contribution in [3.8, 4) is 0 Å². The molecular formula is C20H29N5O3. The van der Waals surface area contributed by atoms with Gasteiger partial charge in [-0.1, -0.05) is 6.07 Å². The zero-order valence-electron chi connectivity index (χ0n) is 16.6. The van der Waals surface area contributed by atoms with E-state index in [-0.39, 0.29) is 17.7 Å². The minimum absolute atomic E-state index is 0.0943. The van der Waals surface area contributed by atoms with Crippen molar-refractivity contribution in [1.29, 1.82) is 0 Å². The fourth-order valence-corrected chi connectivity index (χ4v) is 3.08. The smallest absolute Gasteiger partial charge is 0.251 e. The number of rotatable bonds is 7. The monoisotopic (exact) mass is 387 g/mol. The molecule has 2 fully saturated rings. The largest absolute Gasteiger partial charge is 0.349 e. The highest BCUT2D eigenvalue weighted by Gasteiger charge is 2.24. The van der Waals surface area contributed by atoms with Crippen LogP contribution in [-0.4, -0.2) is 91.8 Å². The maximum absolute atomic E-state index is 12.4. The van der Waals surface area contributed by atoms with Gasteiger partial charge in [-0.2, -0.15) is 0 Å². The maximum Gasteiger partial charge on any atom is 0.251 e. The SMILES string of the molecule is CN(C)C(=O)CN1CCN(CC(=O)Nc2cccc(C(=O)NC3CC3)c2)CC1. The van der Waals surface area contributed by atoms with Gasteiger partial charge in [0.2, 0.25) is 11.8 Å². The van der Waals surface area contributed by atoms with E-state index in [1.54, 1.807) is 43.3 Å². The van der Waals surface area contributed by atoms with Crippen molar-refractivity contribution < 1.29 is 14.4 Å². The van der Waals surface area contributed by atoms with Crippen LogP contribution in [0.15, 0.2) is 24.3 Å². The number of carbonyl (C=O) groups is 3. The molecule has 1 aromatic rings. The molecule has 8 nitrogen and oxygen atoms in total. The molecule has 0 radical (unpaired) electrons. The van der Waals surface area contributed by atoms with Crippen molar-refractivity contribution in [1.82, 2.24) is 20.0 Å². The number of hydrogen-bond acceptors (Lipinski definition) is 5. The van der Waals surface area contributed by atoms with E-state index in [9.17, 15) is 14.4 Å². The molecule has 0 bridgehead atoms. The van der Waals surface area contributed by atoms with E-state index >= 15 is 0 Å². The fraction of sp³-hybridized carbons (Fsp3) is 0.550. The third-order valence-corrected chi connectivity index (χ3v) is 5.01. The molecule has 2 aliphatic rings. The summed E-state index contributed by atoms with van der Waals surface area (Å²) in [6, 6.07) is 7.33. The zero-order chi connectivity index (χ0) is 20.1. The maximum atomic E-state index is 12.4. The van der Waals surface area contributed by atoms with Gasteiger partial charge in [-0.15, -0.1) is 0 Å². The summed E-state index contributed by atoms with van der Waals surface area (Å²) in [5, 5.41) is 5.83. The van der Waals surface area contributed by atoms with E-state index in [4.69, 9.17) is 0 Å². The van der Waals surface area contributed by atoms with Gasteiger partial charge in [0.1, 0.15) is 0 Å². The second kappa shape index (κ2) is 9.16. The lowest BCUT2D eigenvalue weighted by Gasteiger charge is -2.34. The number of benzene rings is 1. The topological polar surface area (TPSA) is 85.0 Å². The molecule has 1 aliphatic heterocycles. The van der Waals surface area contributed by atoms with Crippen molar-refractivity contribution in [2.24, 2.45) is 0 Å². The van der Waals surface area contributed by atoms with Gasteiger partial charge in [0, 0.05) is 57.6 Å². The Labute approximate surface area is 165 Å². The molecule has 3 rings (SSSR count). The van der Waals surface area contributed by atoms with Gasteiger partial charge in [0.05, 0.1) is 13.1 Å². The number of amides is 3. The summed E-state index contributed by atoms with van der Waals surface area (Å²) < 4.78 is 0. The summed E-state index contributed by atoms with van der Waals surface area (Å²) in [6.07, 6.45) is 2.08. The molecule has 152 valence electrons. The van der Waals surface area contributed by atoms with Crippen LogP contribution in [0, 0.1) is 0 Å². The molecule has 1 saturated carbocycles. The van der Waals surface area contributed by atoms with Crippen molar-refractivity contribution in [3.05, 3.63) is 29.8 Å². The summed E-state index contributed by atoms with van der Waals surface area (Å²) in [5.41, 5.74) is 1.19. The lowest BCUT2D eigenvalue weighted by molar-refractivity contribution is -0.130. The normalized spacial score (nSPS) is 17.8. The van der Waals surface area contributed by atoms with Crippen LogP contribution in [0.25, 0.3) is 0 Å². The van der Waals surface area contributed by atoms with Crippen LogP contribution in [0.1, 0.15) is 23.2 Å². The number of nitrogens with zero attached hydrogens (tertiary/aromatic N) is 3. The summed E-state index contributed by atoms with van der Waals surface area (Å²) in [7, 11) is 3.51. The number of likely N-dealkylation sites (N-methyl/N-ethyl adjacent to an activating group) is 1. The van der Waals surface area contributed by atoms with Crippen LogP contribution in [-0.2, 0) is 9.59 Å². The molecule has 28 heavy (non-hydrogen) atoms. The number of nitrogens with one attached hydrogen (secondary N) is 2. The molecule has 1 heterocycles. The first-order chi connectivity index (χ1) is 13.4. The van der Waals surface area contributed by atoms with Crippen molar-refractivity contribution >= 4 is 23.4 Å². The predicted octanol–water partition coefficient (Wildman–Crippen LogP) is 0.223. The van der Waals surface area contributed by atoms with Crippen molar-refractivity contribution in [2.75, 3.05) is 58.7 Å². The highest BCUT2D eigenvalue weighted by molar-refractivity contribution is 5.97. The summed E-state index contributed by atoms with van der Waals surface area (Å²) in [5.74, 6) is -0.101. The second-order valence-electron chi connectivity index (χ2n) is 7.72. The lowest BCUT2D eigenvalue weighted by Crippen LogP contribution is -2.50. The molecule has 1 aromatic carbocycles. The Kier molecular flexibility index (Phi) is 6.64. The number of hydrogen-bond donors (Lipinski definition) is 2. The first-order valence-corrected chi connectivity index (χ1v) is 9.76. The van der Waals surface area contributed by atoms with Gasteiger partial charge in [0.25, 0.3) is 5.91 Å². The molecule has 3 amide bonds. The summed E-state index contributed by atoms with van der Waals surface area (Å²) >= 11 is 0. The molecule has 0 atom stereocenters. The Morgan fingerprint density at radius 1 is 1.04 bits per heavy atom. The standard InChI is InChI=1S/C20H29N5O3/c1-23(2)19(27)14-25-10-8-24(9-11-25)13-18(26)21-17-5-3-4-15(12-17)20(28)22-16-6-7-16/h3-5,12,16H,6-11,13-14H2,1-2H3,(H,21,26)(H,22,28). The molecule has 1 aliphatic carbocycles. The van der Waals surface area contributed by atoms with Gasteiger partial charge >= 0.3 is 0 Å². The van der Waals surface area contributed by atoms with Gasteiger partial charge in [-0.05, 0) is 31.0 Å². The Balaban J connectivity index is 1.43. The van der Waals surface area contributed by atoms with Gasteiger partial charge < -0.3 is 15.5 Å². The number of piperazine rings is 1. The van der Waals surface area contributed by atoms with Crippen LogP contribution in [0.3, 0.4) is 0 Å². The summed E-state index contributed by atoms with van der Waals surface area (Å²) in [6.45, 7) is 3.75. The van der Waals surface area contributed by atoms with Crippen LogP contribution in [0.5, 0.6) is 0 Å². The lowest BCUT2D eigenvalue weighted by atomic mass is 10.2. The van der Waals surface area contributed by atoms with E-state index in [1.807, 2.05) is 0 Å².